The van der Waals surface area contributed by atoms with Gasteiger partial charge in [0.2, 0.25) is 10.0 Å². The maximum Gasteiger partial charge on any atom is 0.240 e. The highest BCUT2D eigenvalue weighted by atomic mass is 32.2. The number of nitrogens with zero attached hydrogens (tertiary/aromatic N) is 1. The van der Waals surface area contributed by atoms with E-state index in [1.54, 1.807) is 0 Å². The van der Waals surface area contributed by atoms with Crippen LogP contribution in [0.5, 0.6) is 0 Å². The standard InChI is InChI=1S/C14H24FN3O2S/c1-10-6-12(7-11(8-16)13(10)15)21(19,20)17-9-14(2,3)18(4)5/h6-7,17H,8-9,16H2,1-5H3. The maximum atomic E-state index is 13.7. The highest BCUT2D eigenvalue weighted by Crippen LogP contribution is 2.19. The first-order valence-electron chi connectivity index (χ1n) is 6.67. The van der Waals surface area contributed by atoms with E-state index in [-0.39, 0.29) is 34.7 Å². The van der Waals surface area contributed by atoms with Crippen molar-refractivity contribution in [3.05, 3.63) is 29.1 Å². The summed E-state index contributed by atoms with van der Waals surface area (Å²) in [6.07, 6.45) is 0. The third kappa shape index (κ3) is 4.23. The molecule has 0 unspecified atom stereocenters. The van der Waals surface area contributed by atoms with Crippen molar-refractivity contribution in [2.45, 2.75) is 37.8 Å². The van der Waals surface area contributed by atoms with Crippen LogP contribution in [0.25, 0.3) is 0 Å². The lowest BCUT2D eigenvalue weighted by molar-refractivity contribution is 0.199. The number of halogens is 1. The number of hydrogen-bond donors (Lipinski definition) is 2. The third-order valence-corrected chi connectivity index (χ3v) is 5.12. The molecule has 0 bridgehead atoms. The van der Waals surface area contributed by atoms with E-state index in [0.717, 1.165) is 0 Å². The molecule has 0 fully saturated rings. The first kappa shape index (κ1) is 18.0. The van der Waals surface area contributed by atoms with E-state index in [0.29, 0.717) is 0 Å². The molecule has 1 aromatic carbocycles. The van der Waals surface area contributed by atoms with Gasteiger partial charge in [-0.1, -0.05) is 0 Å². The van der Waals surface area contributed by atoms with E-state index in [1.165, 1.54) is 19.1 Å². The first-order chi connectivity index (χ1) is 9.51. The summed E-state index contributed by atoms with van der Waals surface area (Å²) in [6, 6.07) is 2.60. The van der Waals surface area contributed by atoms with Crippen molar-refractivity contribution in [2.24, 2.45) is 5.73 Å². The van der Waals surface area contributed by atoms with Crippen LogP contribution in [0.15, 0.2) is 17.0 Å². The highest BCUT2D eigenvalue weighted by Gasteiger charge is 2.25. The molecule has 0 saturated carbocycles. The largest absolute Gasteiger partial charge is 0.326 e. The molecule has 0 aliphatic rings. The molecule has 3 N–H and O–H groups in total. The molecule has 0 heterocycles. The Morgan fingerprint density at radius 3 is 2.38 bits per heavy atom. The molecule has 5 nitrogen and oxygen atoms in total. The minimum atomic E-state index is -3.70. The van der Waals surface area contributed by atoms with Crippen molar-refractivity contribution < 1.29 is 12.8 Å². The zero-order chi connectivity index (χ0) is 16.4. The number of rotatable bonds is 6. The lowest BCUT2D eigenvalue weighted by Crippen LogP contribution is -2.48. The van der Waals surface area contributed by atoms with E-state index < -0.39 is 15.8 Å². The Hall–Kier alpha value is -1.02. The zero-order valence-corrected chi connectivity index (χ0v) is 14.0. The molecule has 0 radical (unpaired) electrons. The summed E-state index contributed by atoms with van der Waals surface area (Å²) in [4.78, 5) is 1.97. The molecule has 1 rings (SSSR count). The summed E-state index contributed by atoms with van der Waals surface area (Å²) in [6.45, 7) is 5.58. The van der Waals surface area contributed by atoms with Gasteiger partial charge >= 0.3 is 0 Å². The second kappa shape index (κ2) is 6.39. The summed E-state index contributed by atoms with van der Waals surface area (Å²) >= 11 is 0. The number of likely N-dealkylation sites (N-methyl/N-ethyl adjacent to an activating group) is 1. The van der Waals surface area contributed by atoms with Crippen molar-refractivity contribution >= 4 is 10.0 Å². The normalized spacial score (nSPS) is 13.0. The molecule has 0 spiro atoms. The van der Waals surface area contributed by atoms with Crippen molar-refractivity contribution in [3.8, 4) is 0 Å². The summed E-state index contributed by atoms with van der Waals surface area (Å²) in [5, 5.41) is 0. The molecule has 0 atom stereocenters. The van der Waals surface area contributed by atoms with Gasteiger partial charge in [-0.25, -0.2) is 17.5 Å². The molecular formula is C14H24FN3O2S. The van der Waals surface area contributed by atoms with E-state index in [9.17, 15) is 12.8 Å². The average molecular weight is 317 g/mol. The van der Waals surface area contributed by atoms with Crippen LogP contribution in [0.1, 0.15) is 25.0 Å². The molecule has 0 amide bonds. The minimum absolute atomic E-state index is 0.0383. The van der Waals surface area contributed by atoms with Gasteiger partial charge in [0, 0.05) is 24.2 Å². The predicted molar refractivity (Wildman–Crippen MR) is 82.0 cm³/mol. The van der Waals surface area contributed by atoms with Crippen LogP contribution >= 0.6 is 0 Å². The Morgan fingerprint density at radius 2 is 1.90 bits per heavy atom. The lowest BCUT2D eigenvalue weighted by atomic mass is 10.1. The second-order valence-corrected chi connectivity index (χ2v) is 7.72. The van der Waals surface area contributed by atoms with E-state index in [4.69, 9.17) is 5.73 Å². The summed E-state index contributed by atoms with van der Waals surface area (Å²) < 4.78 is 41.0. The summed E-state index contributed by atoms with van der Waals surface area (Å²) in [7, 11) is 0.0580. The Labute approximate surface area is 126 Å². The van der Waals surface area contributed by atoms with Crippen LogP contribution in [0.3, 0.4) is 0 Å². The SMILES string of the molecule is Cc1cc(S(=O)(=O)NCC(C)(C)N(C)C)cc(CN)c1F. The van der Waals surface area contributed by atoms with Crippen molar-refractivity contribution in [3.63, 3.8) is 0 Å². The van der Waals surface area contributed by atoms with Crippen LogP contribution in [0.4, 0.5) is 4.39 Å². The Balaban J connectivity index is 3.07. The molecule has 1 aromatic rings. The van der Waals surface area contributed by atoms with Gasteiger partial charge in [0.15, 0.2) is 0 Å². The molecule has 0 aliphatic carbocycles. The fourth-order valence-corrected chi connectivity index (χ4v) is 2.96. The molecular weight excluding hydrogens is 293 g/mol. The number of sulfonamides is 1. The fourth-order valence-electron chi connectivity index (χ4n) is 1.62. The van der Waals surface area contributed by atoms with Gasteiger partial charge in [0.25, 0.3) is 0 Å². The van der Waals surface area contributed by atoms with Crippen molar-refractivity contribution in [1.82, 2.24) is 9.62 Å². The van der Waals surface area contributed by atoms with Gasteiger partial charge < -0.3 is 10.6 Å². The van der Waals surface area contributed by atoms with E-state index >= 15 is 0 Å². The highest BCUT2D eigenvalue weighted by molar-refractivity contribution is 7.89. The smallest absolute Gasteiger partial charge is 0.240 e. The zero-order valence-electron chi connectivity index (χ0n) is 13.2. The maximum absolute atomic E-state index is 13.7. The number of nitrogens with two attached hydrogens (primary N) is 1. The molecule has 0 aromatic heterocycles. The molecule has 0 aliphatic heterocycles. The second-order valence-electron chi connectivity index (χ2n) is 5.95. The Kier molecular flexibility index (Phi) is 5.49. The number of nitrogens with one attached hydrogen (secondary N) is 1. The van der Waals surface area contributed by atoms with Crippen molar-refractivity contribution in [1.29, 1.82) is 0 Å². The lowest BCUT2D eigenvalue weighted by Gasteiger charge is -2.32. The van der Waals surface area contributed by atoms with Gasteiger partial charge in [-0.2, -0.15) is 0 Å². The quantitative estimate of drug-likeness (QED) is 0.827. The fraction of sp³-hybridized carbons (Fsp3) is 0.571. The van der Waals surface area contributed by atoms with Crippen LogP contribution in [0, 0.1) is 12.7 Å². The Bertz CT molecular complexity index is 613. The number of aryl methyl sites for hydroxylation is 1. The van der Waals surface area contributed by atoms with Crippen LogP contribution in [-0.4, -0.2) is 39.5 Å². The van der Waals surface area contributed by atoms with Crippen LogP contribution in [-0.2, 0) is 16.6 Å². The topological polar surface area (TPSA) is 75.4 Å². The molecule has 21 heavy (non-hydrogen) atoms. The van der Waals surface area contributed by atoms with E-state index in [1.807, 2.05) is 32.8 Å². The molecule has 7 heteroatoms. The summed E-state index contributed by atoms with van der Waals surface area (Å²) in [5.41, 5.74) is 5.58. The van der Waals surface area contributed by atoms with Gasteiger partial charge in [0.05, 0.1) is 4.90 Å². The van der Waals surface area contributed by atoms with E-state index in [2.05, 4.69) is 4.72 Å². The monoisotopic (exact) mass is 317 g/mol. The number of benzene rings is 1. The molecule has 0 saturated heterocycles. The van der Waals surface area contributed by atoms with Crippen molar-refractivity contribution in [2.75, 3.05) is 20.6 Å². The molecule has 120 valence electrons. The summed E-state index contributed by atoms with van der Waals surface area (Å²) in [5.74, 6) is -0.454. The van der Waals surface area contributed by atoms with Crippen LogP contribution < -0.4 is 10.5 Å². The predicted octanol–water partition coefficient (Wildman–Crippen LogP) is 1.21. The van der Waals surface area contributed by atoms with Gasteiger partial charge in [-0.15, -0.1) is 0 Å². The first-order valence-corrected chi connectivity index (χ1v) is 8.16. The van der Waals surface area contributed by atoms with Gasteiger partial charge in [-0.05, 0) is 52.6 Å². The van der Waals surface area contributed by atoms with Gasteiger partial charge in [-0.3, -0.25) is 0 Å². The number of hydrogen-bond acceptors (Lipinski definition) is 4. The van der Waals surface area contributed by atoms with Crippen LogP contribution in [0.2, 0.25) is 0 Å². The Morgan fingerprint density at radius 1 is 1.33 bits per heavy atom. The van der Waals surface area contributed by atoms with Gasteiger partial charge in [0.1, 0.15) is 5.82 Å². The minimum Gasteiger partial charge on any atom is -0.326 e. The average Bonchev–Trinajstić information content (AvgIpc) is 2.39. The third-order valence-electron chi connectivity index (χ3n) is 3.74.